The maximum atomic E-state index is 13.5. The van der Waals surface area contributed by atoms with E-state index in [9.17, 15) is 4.79 Å². The van der Waals surface area contributed by atoms with Crippen LogP contribution >= 0.6 is 0 Å². The lowest BCUT2D eigenvalue weighted by molar-refractivity contribution is 0.102. The molecule has 0 unspecified atom stereocenters. The molecule has 14 heteroatoms. The molecule has 5 aromatic carbocycles. The summed E-state index contributed by atoms with van der Waals surface area (Å²) in [6.45, 7) is 2.38. The van der Waals surface area contributed by atoms with Crippen molar-refractivity contribution < 1.29 is 14.3 Å². The van der Waals surface area contributed by atoms with Crippen LogP contribution in [0.15, 0.2) is 140 Å². The number of fused-ring (bicyclic) bond motifs is 2. The lowest BCUT2D eigenvalue weighted by Crippen LogP contribution is -2.25. The average Bonchev–Trinajstić information content (AvgIpc) is 4.08. The SMILES string of the molecule is COc1cc(NC(=O)c2cnc3ccccc3c2)c(-c2nnn(-c3ccc(CCN(Cc4cccc(-n5ccnc5)c4)Cc4ccc5c(cnn5C)c4)cc3)n2)cc1OC. The highest BCUT2D eigenvalue weighted by molar-refractivity contribution is 6.07. The fourth-order valence-electron chi connectivity index (χ4n) is 7.34. The third kappa shape index (κ3) is 8.04. The highest BCUT2D eigenvalue weighted by Gasteiger charge is 2.20. The van der Waals surface area contributed by atoms with Gasteiger partial charge in [-0.2, -0.15) is 5.10 Å². The largest absolute Gasteiger partial charge is 0.493 e. The molecule has 4 aromatic heterocycles. The summed E-state index contributed by atoms with van der Waals surface area (Å²) >= 11 is 0. The van der Waals surface area contributed by atoms with Crippen molar-refractivity contribution in [2.45, 2.75) is 19.5 Å². The molecule has 9 rings (SSSR count). The Bertz CT molecular complexity index is 2940. The van der Waals surface area contributed by atoms with Gasteiger partial charge in [-0.3, -0.25) is 19.4 Å². The Kier molecular flexibility index (Phi) is 10.5. The van der Waals surface area contributed by atoms with Gasteiger partial charge in [0.1, 0.15) is 0 Å². The van der Waals surface area contributed by atoms with Gasteiger partial charge < -0.3 is 19.4 Å². The molecule has 298 valence electrons. The maximum absolute atomic E-state index is 13.5. The number of carbonyl (C=O) groups is 1. The second-order valence-corrected chi connectivity index (χ2v) is 14.5. The summed E-state index contributed by atoms with van der Waals surface area (Å²) in [5.74, 6) is 0.841. The molecule has 0 aliphatic rings. The van der Waals surface area contributed by atoms with Crippen LogP contribution in [0.2, 0.25) is 0 Å². The lowest BCUT2D eigenvalue weighted by atomic mass is 10.1. The van der Waals surface area contributed by atoms with E-state index in [0.717, 1.165) is 59.2 Å². The van der Waals surface area contributed by atoms with Crippen molar-refractivity contribution in [3.63, 3.8) is 0 Å². The first kappa shape index (κ1) is 37.8. The number of aromatic nitrogens is 9. The minimum atomic E-state index is -0.346. The molecule has 0 radical (unpaired) electrons. The van der Waals surface area contributed by atoms with Gasteiger partial charge in [-0.05, 0) is 82.9 Å². The van der Waals surface area contributed by atoms with E-state index in [1.807, 2.05) is 71.4 Å². The van der Waals surface area contributed by atoms with E-state index in [1.165, 1.54) is 28.6 Å². The molecule has 1 N–H and O–H groups in total. The van der Waals surface area contributed by atoms with E-state index < -0.39 is 0 Å². The number of benzene rings is 5. The van der Waals surface area contributed by atoms with Gasteiger partial charge >= 0.3 is 0 Å². The number of anilines is 1. The van der Waals surface area contributed by atoms with Gasteiger partial charge in [-0.25, -0.2) is 4.98 Å². The Morgan fingerprint density at radius 3 is 2.40 bits per heavy atom. The summed E-state index contributed by atoms with van der Waals surface area (Å²) in [6.07, 6.45) is 9.87. The molecule has 0 spiro atoms. The van der Waals surface area contributed by atoms with E-state index in [4.69, 9.17) is 14.6 Å². The van der Waals surface area contributed by atoms with Crippen LogP contribution in [0, 0.1) is 0 Å². The molecule has 4 heterocycles. The van der Waals surface area contributed by atoms with E-state index >= 15 is 0 Å². The molecule has 0 atom stereocenters. The zero-order valence-corrected chi connectivity index (χ0v) is 33.3. The topological polar surface area (TPSA) is 143 Å². The number of hydrogen-bond donors (Lipinski definition) is 1. The van der Waals surface area contributed by atoms with Crippen molar-refractivity contribution >= 4 is 33.4 Å². The van der Waals surface area contributed by atoms with Crippen LogP contribution in [0.25, 0.3) is 44.6 Å². The second kappa shape index (κ2) is 16.6. The number of ether oxygens (including phenoxy) is 2. The number of methoxy groups -OCH3 is 2. The Morgan fingerprint density at radius 2 is 1.58 bits per heavy atom. The molecule has 60 heavy (non-hydrogen) atoms. The normalized spacial score (nSPS) is 11.4. The smallest absolute Gasteiger partial charge is 0.257 e. The van der Waals surface area contributed by atoms with Gasteiger partial charge in [-0.1, -0.05) is 48.5 Å². The first-order valence-electron chi connectivity index (χ1n) is 19.4. The Morgan fingerprint density at radius 1 is 0.783 bits per heavy atom. The van der Waals surface area contributed by atoms with E-state index in [0.29, 0.717) is 34.1 Å². The van der Waals surface area contributed by atoms with Gasteiger partial charge in [0.15, 0.2) is 11.5 Å². The van der Waals surface area contributed by atoms with E-state index in [-0.39, 0.29) is 5.91 Å². The number of imidazole rings is 1. The van der Waals surface area contributed by atoms with Crippen LogP contribution in [0.3, 0.4) is 0 Å². The number of carbonyl (C=O) groups excluding carboxylic acids is 1. The standard InChI is InChI=1S/C46H41N11O3/c1-54-42-16-13-33(21-35(42)27-49-54)29-55(28-32-7-6-9-38(22-32)56-20-18-47-30-56)19-17-31-11-14-37(15-12-31)57-52-45(51-53-57)39-24-43(59-2)44(60-3)25-41(39)50-46(58)36-23-34-8-4-5-10-40(34)48-26-36/h4-16,18,20-27,30H,17,19,28-29H2,1-3H3,(H,50,58). The Balaban J connectivity index is 0.931. The van der Waals surface area contributed by atoms with Gasteiger partial charge in [0, 0.05) is 67.8 Å². The Hall–Kier alpha value is -7.71. The van der Waals surface area contributed by atoms with Crippen molar-refractivity contribution in [3.8, 4) is 34.3 Å². The molecular formula is C46H41N11O3. The quantitative estimate of drug-likeness (QED) is 0.118. The van der Waals surface area contributed by atoms with Crippen molar-refractivity contribution in [2.24, 2.45) is 7.05 Å². The maximum Gasteiger partial charge on any atom is 0.257 e. The van der Waals surface area contributed by atoms with E-state index in [1.54, 1.807) is 37.7 Å². The number of nitrogens with zero attached hydrogens (tertiary/aromatic N) is 10. The number of aryl methyl sites for hydroxylation is 1. The van der Waals surface area contributed by atoms with Crippen molar-refractivity contribution in [3.05, 3.63) is 163 Å². The number of pyridine rings is 1. The predicted molar refractivity (Wildman–Crippen MR) is 229 cm³/mol. The molecule has 9 aromatic rings. The fourth-order valence-corrected chi connectivity index (χ4v) is 7.34. The summed E-state index contributed by atoms with van der Waals surface area (Å²) in [7, 11) is 5.05. The van der Waals surface area contributed by atoms with Gasteiger partial charge in [0.25, 0.3) is 5.91 Å². The number of rotatable bonds is 14. The minimum absolute atomic E-state index is 0.296. The number of tetrazole rings is 1. The molecular weight excluding hydrogens is 755 g/mol. The van der Waals surface area contributed by atoms with Crippen LogP contribution < -0.4 is 14.8 Å². The monoisotopic (exact) mass is 795 g/mol. The van der Waals surface area contributed by atoms with Crippen LogP contribution in [-0.2, 0) is 26.6 Å². The highest BCUT2D eigenvalue weighted by atomic mass is 16.5. The molecule has 0 bridgehead atoms. The summed E-state index contributed by atoms with van der Waals surface area (Å²) in [4.78, 5) is 26.2. The van der Waals surface area contributed by atoms with Gasteiger partial charge in [0.05, 0.1) is 60.3 Å². The molecule has 14 nitrogen and oxygen atoms in total. The van der Waals surface area contributed by atoms with Crippen LogP contribution in [0.1, 0.15) is 27.0 Å². The highest BCUT2D eigenvalue weighted by Crippen LogP contribution is 2.38. The number of hydrogen-bond acceptors (Lipinski definition) is 10. The zero-order chi connectivity index (χ0) is 41.0. The first-order valence-corrected chi connectivity index (χ1v) is 19.4. The summed E-state index contributed by atoms with van der Waals surface area (Å²) < 4.78 is 15.1. The van der Waals surface area contributed by atoms with E-state index in [2.05, 4.69) is 90.2 Å². The molecule has 0 saturated heterocycles. The first-order chi connectivity index (χ1) is 29.4. The number of para-hydroxylation sites is 1. The molecule has 0 aliphatic heterocycles. The predicted octanol–water partition coefficient (Wildman–Crippen LogP) is 7.46. The third-order valence-corrected chi connectivity index (χ3v) is 10.5. The average molecular weight is 796 g/mol. The van der Waals surface area contributed by atoms with Gasteiger partial charge in [-0.15, -0.1) is 15.0 Å². The van der Waals surface area contributed by atoms with Crippen LogP contribution in [0.5, 0.6) is 11.5 Å². The molecule has 0 aliphatic carbocycles. The number of amides is 1. The summed E-state index contributed by atoms with van der Waals surface area (Å²) in [5.41, 5.74) is 8.69. The third-order valence-electron chi connectivity index (χ3n) is 10.5. The van der Waals surface area contributed by atoms with Crippen molar-refractivity contribution in [2.75, 3.05) is 26.1 Å². The lowest BCUT2D eigenvalue weighted by Gasteiger charge is -2.23. The minimum Gasteiger partial charge on any atom is -0.493 e. The fraction of sp³-hybridized carbons (Fsp3) is 0.152. The molecule has 1 amide bonds. The number of nitrogens with one attached hydrogen (secondary N) is 1. The second-order valence-electron chi connectivity index (χ2n) is 14.5. The van der Waals surface area contributed by atoms with Crippen LogP contribution in [-0.4, -0.2) is 76.1 Å². The summed E-state index contributed by atoms with van der Waals surface area (Å²) in [5, 5.41) is 22.9. The van der Waals surface area contributed by atoms with Crippen molar-refractivity contribution in [1.82, 2.24) is 49.4 Å². The Labute approximate surface area is 345 Å². The zero-order valence-electron chi connectivity index (χ0n) is 33.3. The summed E-state index contributed by atoms with van der Waals surface area (Å²) in [6, 6.07) is 36.2. The molecule has 0 fully saturated rings. The van der Waals surface area contributed by atoms with Crippen LogP contribution in [0.4, 0.5) is 5.69 Å². The molecule has 0 saturated carbocycles. The van der Waals surface area contributed by atoms with Crippen molar-refractivity contribution in [1.29, 1.82) is 0 Å². The van der Waals surface area contributed by atoms with Gasteiger partial charge in [0.2, 0.25) is 5.82 Å².